The Hall–Kier alpha value is -3.74. The third-order valence-electron chi connectivity index (χ3n) is 5.22. The van der Waals surface area contributed by atoms with E-state index in [1.807, 2.05) is 91.0 Å². The van der Waals surface area contributed by atoms with Gasteiger partial charge in [-0.15, -0.1) is 0 Å². The molecule has 0 spiro atoms. The van der Waals surface area contributed by atoms with Crippen LogP contribution in [0.5, 0.6) is 0 Å². The Morgan fingerprint density at radius 3 is 1.81 bits per heavy atom. The van der Waals surface area contributed by atoms with E-state index in [9.17, 15) is 9.90 Å². The lowest BCUT2D eigenvalue weighted by molar-refractivity contribution is -0.0340. The smallest absolute Gasteiger partial charge is 0.346 e. The molecule has 0 aliphatic carbocycles. The number of benzene rings is 3. The molecule has 1 aromatic heterocycles. The van der Waals surface area contributed by atoms with Crippen molar-refractivity contribution >= 4 is 5.82 Å². The molecule has 0 radical (unpaired) electrons. The minimum Gasteiger partial charge on any atom is -0.389 e. The minimum atomic E-state index is -0.896. The molecule has 3 aromatic carbocycles. The molecule has 0 saturated carbocycles. The van der Waals surface area contributed by atoms with E-state index >= 15 is 0 Å². The molecule has 4 aromatic rings. The minimum absolute atomic E-state index is 0.0644. The number of hydrogen-bond donors (Lipinski definition) is 3. The van der Waals surface area contributed by atoms with Crippen molar-refractivity contribution < 1.29 is 9.84 Å². The summed E-state index contributed by atoms with van der Waals surface area (Å²) in [6.07, 6.45) is 0.679. The van der Waals surface area contributed by atoms with Crippen molar-refractivity contribution in [2.45, 2.75) is 11.7 Å². The first kappa shape index (κ1) is 21.5. The molecule has 32 heavy (non-hydrogen) atoms. The summed E-state index contributed by atoms with van der Waals surface area (Å²) in [5.74, 6) is 0.397. The van der Waals surface area contributed by atoms with Gasteiger partial charge in [0.2, 0.25) is 0 Å². The fourth-order valence-electron chi connectivity index (χ4n) is 3.74. The second-order valence-corrected chi connectivity index (χ2v) is 7.40. The average Bonchev–Trinajstić information content (AvgIpc) is 2.85. The number of anilines is 1. The van der Waals surface area contributed by atoms with Gasteiger partial charge in [-0.2, -0.15) is 4.98 Å². The maximum Gasteiger partial charge on any atom is 0.346 e. The van der Waals surface area contributed by atoms with Crippen LogP contribution in [0.15, 0.2) is 108 Å². The molecule has 6 nitrogen and oxygen atoms in total. The van der Waals surface area contributed by atoms with E-state index in [0.717, 1.165) is 16.7 Å². The molecule has 0 bridgehead atoms. The maximum atomic E-state index is 11.4. The third kappa shape index (κ3) is 4.77. The molecule has 6 heteroatoms. The number of ether oxygens (including phenoxy) is 1. The predicted molar refractivity (Wildman–Crippen MR) is 125 cm³/mol. The molecule has 1 heterocycles. The Morgan fingerprint density at radius 1 is 0.844 bits per heavy atom. The van der Waals surface area contributed by atoms with E-state index < -0.39 is 17.4 Å². The fraction of sp³-hybridized carbons (Fsp3) is 0.154. The number of aliphatic hydroxyl groups excluding tert-OH is 1. The van der Waals surface area contributed by atoms with Crippen LogP contribution < -0.4 is 11.0 Å². The van der Waals surface area contributed by atoms with E-state index in [2.05, 4.69) is 15.3 Å². The largest absolute Gasteiger partial charge is 0.389 e. The fourth-order valence-corrected chi connectivity index (χ4v) is 3.74. The first-order valence-electron chi connectivity index (χ1n) is 10.5. The lowest BCUT2D eigenvalue weighted by Crippen LogP contribution is -2.37. The molecular weight excluding hydrogens is 402 g/mol. The van der Waals surface area contributed by atoms with Crippen molar-refractivity contribution in [3.05, 3.63) is 130 Å². The van der Waals surface area contributed by atoms with E-state index in [-0.39, 0.29) is 13.2 Å². The third-order valence-corrected chi connectivity index (χ3v) is 5.22. The summed E-state index contributed by atoms with van der Waals surface area (Å²) in [7, 11) is 0. The van der Waals surface area contributed by atoms with Crippen molar-refractivity contribution in [1.29, 1.82) is 0 Å². The van der Waals surface area contributed by atoms with Crippen molar-refractivity contribution in [2.24, 2.45) is 0 Å². The quantitative estimate of drug-likeness (QED) is 0.356. The Morgan fingerprint density at radius 2 is 1.34 bits per heavy atom. The van der Waals surface area contributed by atoms with Crippen LogP contribution in [-0.4, -0.2) is 34.3 Å². The number of aromatic nitrogens is 2. The van der Waals surface area contributed by atoms with Crippen LogP contribution >= 0.6 is 0 Å². The Labute approximate surface area is 186 Å². The highest BCUT2D eigenvalue weighted by molar-refractivity contribution is 5.47. The molecular formula is C26H25N3O3. The van der Waals surface area contributed by atoms with E-state index in [1.54, 1.807) is 6.07 Å². The van der Waals surface area contributed by atoms with Crippen LogP contribution in [-0.2, 0) is 10.3 Å². The van der Waals surface area contributed by atoms with Gasteiger partial charge in [-0.3, -0.25) is 0 Å². The Balaban J connectivity index is 1.64. The number of nitrogens with zero attached hydrogens (tertiary/aromatic N) is 1. The summed E-state index contributed by atoms with van der Waals surface area (Å²) >= 11 is 0. The predicted octanol–water partition coefficient (Wildman–Crippen LogP) is 3.55. The van der Waals surface area contributed by atoms with Gasteiger partial charge >= 0.3 is 5.69 Å². The zero-order valence-corrected chi connectivity index (χ0v) is 17.5. The number of aliphatic hydroxyl groups is 1. The van der Waals surface area contributed by atoms with Crippen LogP contribution in [0, 0.1) is 0 Å². The van der Waals surface area contributed by atoms with E-state index in [4.69, 9.17) is 4.74 Å². The van der Waals surface area contributed by atoms with Crippen LogP contribution in [0.25, 0.3) is 0 Å². The van der Waals surface area contributed by atoms with E-state index in [1.165, 1.54) is 6.20 Å². The highest BCUT2D eigenvalue weighted by Crippen LogP contribution is 2.40. The molecule has 1 atom stereocenters. The van der Waals surface area contributed by atoms with Crippen molar-refractivity contribution in [3.8, 4) is 0 Å². The van der Waals surface area contributed by atoms with Crippen molar-refractivity contribution in [1.82, 2.24) is 9.97 Å². The SMILES string of the molecule is O=c1nc(NC[C@H](O)COC(c2ccccc2)(c2ccccc2)c2ccccc2)cc[nH]1. The zero-order chi connectivity index (χ0) is 22.2. The van der Waals surface area contributed by atoms with Crippen molar-refractivity contribution in [2.75, 3.05) is 18.5 Å². The van der Waals surface area contributed by atoms with Gasteiger partial charge in [0.05, 0.1) is 12.7 Å². The highest BCUT2D eigenvalue weighted by atomic mass is 16.5. The van der Waals surface area contributed by atoms with Gasteiger partial charge in [0.1, 0.15) is 11.4 Å². The van der Waals surface area contributed by atoms with Gasteiger partial charge in [-0.05, 0) is 22.8 Å². The monoisotopic (exact) mass is 427 g/mol. The molecule has 3 N–H and O–H groups in total. The second kappa shape index (κ2) is 10.0. The molecule has 0 saturated heterocycles. The Kier molecular flexibility index (Phi) is 6.75. The summed E-state index contributed by atoms with van der Waals surface area (Å²) in [4.78, 5) is 17.7. The molecule has 4 rings (SSSR count). The second-order valence-electron chi connectivity index (χ2n) is 7.40. The summed E-state index contributed by atoms with van der Waals surface area (Å²) in [6, 6.07) is 31.6. The first-order valence-corrected chi connectivity index (χ1v) is 10.5. The van der Waals surface area contributed by atoms with Gasteiger partial charge < -0.3 is 20.1 Å². The van der Waals surface area contributed by atoms with E-state index in [0.29, 0.717) is 5.82 Å². The molecule has 0 unspecified atom stereocenters. The molecule has 0 aliphatic rings. The van der Waals surface area contributed by atoms with Gasteiger partial charge in [0.25, 0.3) is 0 Å². The lowest BCUT2D eigenvalue weighted by atomic mass is 9.80. The van der Waals surface area contributed by atoms with Crippen molar-refractivity contribution in [3.63, 3.8) is 0 Å². The van der Waals surface area contributed by atoms with Crippen LogP contribution in [0.4, 0.5) is 5.82 Å². The normalized spacial score (nSPS) is 12.3. The van der Waals surface area contributed by atoms with Gasteiger partial charge in [0.15, 0.2) is 0 Å². The summed E-state index contributed by atoms with van der Waals surface area (Å²) in [6.45, 7) is 0.250. The molecule has 162 valence electrons. The average molecular weight is 428 g/mol. The van der Waals surface area contributed by atoms with Gasteiger partial charge in [-0.1, -0.05) is 91.0 Å². The Bertz CT molecular complexity index is 1070. The van der Waals surface area contributed by atoms with Gasteiger partial charge in [0, 0.05) is 12.7 Å². The summed E-state index contributed by atoms with van der Waals surface area (Å²) in [5.41, 5.74) is 1.56. The summed E-state index contributed by atoms with van der Waals surface area (Å²) < 4.78 is 6.58. The highest BCUT2D eigenvalue weighted by Gasteiger charge is 2.37. The molecule has 0 aliphatic heterocycles. The zero-order valence-electron chi connectivity index (χ0n) is 17.5. The number of H-pyrrole nitrogens is 1. The van der Waals surface area contributed by atoms with Crippen LogP contribution in [0.2, 0.25) is 0 Å². The lowest BCUT2D eigenvalue weighted by Gasteiger charge is -2.36. The molecule has 0 amide bonds. The number of hydrogen-bond acceptors (Lipinski definition) is 5. The number of nitrogens with one attached hydrogen (secondary N) is 2. The number of aromatic amines is 1. The topological polar surface area (TPSA) is 87.2 Å². The van der Waals surface area contributed by atoms with Crippen LogP contribution in [0.3, 0.4) is 0 Å². The standard InChI is InChI=1S/C26H25N3O3/c30-23(18-28-24-16-17-27-25(31)29-24)19-32-26(20-10-4-1-5-11-20,21-12-6-2-7-13-21)22-14-8-3-9-15-22/h1-17,23,30H,18-19H2,(H2,27,28,29,31)/t23-/m0/s1. The maximum absolute atomic E-state index is 11.4. The molecule has 0 fully saturated rings. The first-order chi connectivity index (χ1) is 15.7. The van der Waals surface area contributed by atoms with Crippen LogP contribution in [0.1, 0.15) is 16.7 Å². The number of rotatable bonds is 9. The summed E-state index contributed by atoms with van der Waals surface area (Å²) in [5, 5.41) is 13.7. The van der Waals surface area contributed by atoms with Gasteiger partial charge in [-0.25, -0.2) is 4.79 Å².